The number of hydrogen-bond donors (Lipinski definition) is 0. The van der Waals surface area contributed by atoms with Gasteiger partial charge in [-0.3, -0.25) is 9.59 Å². The Morgan fingerprint density at radius 3 is 2.20 bits per heavy atom. The SMILES string of the molecule is Cc1nc(C)c(C(=O)N2CCC(c3nc(C(=O)N4CCN(c5ccc(F)cc5)CC4)cs3)CC2)s1. The molecule has 0 saturated carbocycles. The predicted octanol–water partition coefficient (Wildman–Crippen LogP) is 4.34. The van der Waals surface area contributed by atoms with Crippen molar-refractivity contribution in [1.29, 1.82) is 0 Å². The van der Waals surface area contributed by atoms with E-state index in [1.807, 2.05) is 29.0 Å². The zero-order valence-electron chi connectivity index (χ0n) is 19.9. The Balaban J connectivity index is 1.15. The fourth-order valence-electron chi connectivity index (χ4n) is 4.76. The maximum Gasteiger partial charge on any atom is 0.273 e. The molecule has 2 aromatic heterocycles. The number of likely N-dealkylation sites (tertiary alicyclic amines) is 1. The number of carbonyl (C=O) groups is 2. The molecule has 3 aromatic rings. The van der Waals surface area contributed by atoms with Gasteiger partial charge in [-0.05, 0) is 51.0 Å². The Hall–Kier alpha value is -2.85. The molecular weight excluding hydrogens is 485 g/mol. The molecule has 184 valence electrons. The standard InChI is InChI=1S/C25H28FN5O2S2/c1-16-22(35-17(2)27-16)25(33)30-9-7-18(8-10-30)23-28-21(15-34-23)24(32)31-13-11-29(12-14-31)20-5-3-19(26)4-6-20/h3-6,15,18H,7-14H2,1-2H3. The zero-order chi connectivity index (χ0) is 24.5. The molecule has 0 atom stereocenters. The first-order chi connectivity index (χ1) is 16.9. The van der Waals surface area contributed by atoms with Gasteiger partial charge in [0.05, 0.1) is 15.7 Å². The first kappa shape index (κ1) is 23.9. The normalized spacial score (nSPS) is 17.2. The van der Waals surface area contributed by atoms with Crippen LogP contribution in [-0.2, 0) is 0 Å². The maximum atomic E-state index is 13.2. The van der Waals surface area contributed by atoms with Crippen LogP contribution in [0.2, 0.25) is 0 Å². The third-order valence-corrected chi connectivity index (χ3v) is 8.80. The molecule has 5 rings (SSSR count). The molecule has 35 heavy (non-hydrogen) atoms. The van der Waals surface area contributed by atoms with Gasteiger partial charge in [0.1, 0.15) is 16.4 Å². The molecule has 2 amide bonds. The summed E-state index contributed by atoms with van der Waals surface area (Å²) in [6, 6.07) is 6.48. The Kier molecular flexibility index (Phi) is 6.84. The molecule has 2 aliphatic heterocycles. The van der Waals surface area contributed by atoms with E-state index in [9.17, 15) is 14.0 Å². The van der Waals surface area contributed by atoms with Crippen molar-refractivity contribution in [2.45, 2.75) is 32.6 Å². The lowest BCUT2D eigenvalue weighted by atomic mass is 9.97. The van der Waals surface area contributed by atoms with Gasteiger partial charge in [-0.1, -0.05) is 0 Å². The highest BCUT2D eigenvalue weighted by atomic mass is 32.1. The molecule has 0 spiro atoms. The molecule has 0 aliphatic carbocycles. The Bertz CT molecular complexity index is 1210. The fourth-order valence-corrected chi connectivity index (χ4v) is 6.61. The van der Waals surface area contributed by atoms with Crippen molar-refractivity contribution in [2.75, 3.05) is 44.2 Å². The molecule has 1 aromatic carbocycles. The second-order valence-electron chi connectivity index (χ2n) is 9.04. The van der Waals surface area contributed by atoms with E-state index in [1.165, 1.54) is 23.5 Å². The summed E-state index contributed by atoms with van der Waals surface area (Å²) in [7, 11) is 0. The Labute approximate surface area is 212 Å². The monoisotopic (exact) mass is 513 g/mol. The number of rotatable bonds is 4. The quantitative estimate of drug-likeness (QED) is 0.519. The molecule has 2 aliphatic rings. The third kappa shape index (κ3) is 5.08. The summed E-state index contributed by atoms with van der Waals surface area (Å²) < 4.78 is 13.2. The van der Waals surface area contributed by atoms with Crippen LogP contribution in [-0.4, -0.2) is 70.9 Å². The van der Waals surface area contributed by atoms with Crippen molar-refractivity contribution >= 4 is 40.2 Å². The van der Waals surface area contributed by atoms with Crippen LogP contribution in [0.25, 0.3) is 0 Å². The van der Waals surface area contributed by atoms with Crippen LogP contribution in [0.3, 0.4) is 0 Å². The maximum absolute atomic E-state index is 13.2. The van der Waals surface area contributed by atoms with Gasteiger partial charge in [0.25, 0.3) is 11.8 Å². The van der Waals surface area contributed by atoms with Crippen LogP contribution >= 0.6 is 22.7 Å². The molecule has 10 heteroatoms. The molecule has 0 unspecified atom stereocenters. The lowest BCUT2D eigenvalue weighted by Crippen LogP contribution is -2.48. The number of thiazole rings is 2. The van der Waals surface area contributed by atoms with E-state index in [2.05, 4.69) is 9.88 Å². The molecule has 7 nitrogen and oxygen atoms in total. The van der Waals surface area contributed by atoms with Gasteiger partial charge < -0.3 is 14.7 Å². The number of hydrogen-bond acceptors (Lipinski definition) is 7. The summed E-state index contributed by atoms with van der Waals surface area (Å²) in [5, 5.41) is 3.76. The first-order valence-corrected chi connectivity index (χ1v) is 13.6. The van der Waals surface area contributed by atoms with Crippen LogP contribution in [0.5, 0.6) is 0 Å². The minimum Gasteiger partial charge on any atom is -0.368 e. The van der Waals surface area contributed by atoms with Gasteiger partial charge in [-0.25, -0.2) is 14.4 Å². The average Bonchev–Trinajstić information content (AvgIpc) is 3.50. The molecule has 2 saturated heterocycles. The van der Waals surface area contributed by atoms with Gasteiger partial charge in [0, 0.05) is 56.3 Å². The number of nitrogens with zero attached hydrogens (tertiary/aromatic N) is 5. The summed E-state index contributed by atoms with van der Waals surface area (Å²) >= 11 is 3.00. The van der Waals surface area contributed by atoms with Crippen LogP contribution < -0.4 is 4.90 Å². The van der Waals surface area contributed by atoms with E-state index in [4.69, 9.17) is 4.98 Å². The first-order valence-electron chi connectivity index (χ1n) is 11.9. The largest absolute Gasteiger partial charge is 0.368 e. The van der Waals surface area contributed by atoms with Gasteiger partial charge >= 0.3 is 0 Å². The van der Waals surface area contributed by atoms with Crippen molar-refractivity contribution < 1.29 is 14.0 Å². The number of anilines is 1. The van der Waals surface area contributed by atoms with Crippen LogP contribution in [0, 0.1) is 19.7 Å². The number of piperazine rings is 1. The lowest BCUT2D eigenvalue weighted by Gasteiger charge is -2.35. The van der Waals surface area contributed by atoms with Crippen LogP contribution in [0.15, 0.2) is 29.6 Å². The number of carbonyl (C=O) groups excluding carboxylic acids is 2. The lowest BCUT2D eigenvalue weighted by molar-refractivity contribution is 0.0716. The smallest absolute Gasteiger partial charge is 0.273 e. The number of aromatic nitrogens is 2. The van der Waals surface area contributed by atoms with Crippen molar-refractivity contribution in [1.82, 2.24) is 19.8 Å². The second-order valence-corrected chi connectivity index (χ2v) is 11.1. The minimum atomic E-state index is -0.246. The summed E-state index contributed by atoms with van der Waals surface area (Å²) in [5.41, 5.74) is 2.29. The van der Waals surface area contributed by atoms with E-state index in [0.717, 1.165) is 39.1 Å². The molecule has 0 bridgehead atoms. The van der Waals surface area contributed by atoms with Crippen molar-refractivity contribution in [3.8, 4) is 0 Å². The highest BCUT2D eigenvalue weighted by Crippen LogP contribution is 2.32. The van der Waals surface area contributed by atoms with Gasteiger partial charge in [0.2, 0.25) is 0 Å². The third-order valence-electron chi connectivity index (χ3n) is 6.73. The number of halogens is 1. The molecule has 2 fully saturated rings. The van der Waals surface area contributed by atoms with Crippen molar-refractivity contribution in [3.05, 3.63) is 61.7 Å². The van der Waals surface area contributed by atoms with Gasteiger partial charge in [-0.2, -0.15) is 0 Å². The number of benzene rings is 1. The van der Waals surface area contributed by atoms with Crippen molar-refractivity contribution in [3.63, 3.8) is 0 Å². The minimum absolute atomic E-state index is 0.0325. The molecular formula is C25H28FN5O2S2. The summed E-state index contributed by atoms with van der Waals surface area (Å²) in [5.74, 6) is 0.0608. The number of piperidine rings is 1. The van der Waals surface area contributed by atoms with Gasteiger partial charge in [0.15, 0.2) is 0 Å². The number of aryl methyl sites for hydroxylation is 2. The van der Waals surface area contributed by atoms with Gasteiger partial charge in [-0.15, -0.1) is 22.7 Å². The van der Waals surface area contributed by atoms with Crippen molar-refractivity contribution in [2.24, 2.45) is 0 Å². The molecule has 0 N–H and O–H groups in total. The van der Waals surface area contributed by atoms with E-state index >= 15 is 0 Å². The summed E-state index contributed by atoms with van der Waals surface area (Å²) in [6.45, 7) is 7.83. The fraction of sp³-hybridized carbons (Fsp3) is 0.440. The predicted molar refractivity (Wildman–Crippen MR) is 136 cm³/mol. The second kappa shape index (κ2) is 10.0. The topological polar surface area (TPSA) is 69.6 Å². The summed E-state index contributed by atoms with van der Waals surface area (Å²) in [6.07, 6.45) is 1.69. The highest BCUT2D eigenvalue weighted by Gasteiger charge is 2.30. The Morgan fingerprint density at radius 1 is 0.914 bits per heavy atom. The van der Waals surface area contributed by atoms with Crippen LogP contribution in [0.1, 0.15) is 54.6 Å². The molecule has 0 radical (unpaired) electrons. The molecule has 4 heterocycles. The average molecular weight is 514 g/mol. The van der Waals surface area contributed by atoms with Crippen LogP contribution in [0.4, 0.5) is 10.1 Å². The Morgan fingerprint density at radius 2 is 1.57 bits per heavy atom. The van der Waals surface area contributed by atoms with E-state index in [-0.39, 0.29) is 23.5 Å². The van der Waals surface area contributed by atoms with E-state index < -0.39 is 0 Å². The van der Waals surface area contributed by atoms with E-state index in [1.54, 1.807) is 23.5 Å². The zero-order valence-corrected chi connectivity index (χ0v) is 21.5. The number of amides is 2. The highest BCUT2D eigenvalue weighted by molar-refractivity contribution is 7.13. The van der Waals surface area contributed by atoms with E-state index in [0.29, 0.717) is 45.0 Å². The summed E-state index contributed by atoms with van der Waals surface area (Å²) in [4.78, 5) is 41.7.